The fourth-order valence-corrected chi connectivity index (χ4v) is 10.2. The predicted octanol–water partition coefficient (Wildman–Crippen LogP) is 10.9. The number of nitrogens with two attached hydrogens (primary N) is 1. The molecule has 75 heavy (non-hydrogen) atoms. The van der Waals surface area contributed by atoms with Gasteiger partial charge in [0.2, 0.25) is 0 Å². The van der Waals surface area contributed by atoms with Crippen molar-refractivity contribution in [3.8, 4) is 0 Å². The van der Waals surface area contributed by atoms with Gasteiger partial charge in [0.05, 0.1) is 19.3 Å². The molecule has 1 aliphatic rings. The van der Waals surface area contributed by atoms with Crippen LogP contribution >= 0.6 is 15.6 Å². The van der Waals surface area contributed by atoms with Gasteiger partial charge in [-0.1, -0.05) is 185 Å². The van der Waals surface area contributed by atoms with E-state index in [2.05, 4.69) is 42.2 Å². The van der Waals surface area contributed by atoms with Crippen molar-refractivity contribution in [2.45, 2.75) is 231 Å². The molecule has 1 saturated heterocycles. The smallest absolute Gasteiger partial charge is 0.462 e. The maximum absolute atomic E-state index is 12.9. The first kappa shape index (κ1) is 67.8. The Kier molecular flexibility index (Phi) is 36.9. The number of anilines is 1. The summed E-state index contributed by atoms with van der Waals surface area (Å²) in [7, 11) is -10.9. The van der Waals surface area contributed by atoms with Crippen molar-refractivity contribution >= 4 is 33.4 Å². The Morgan fingerprint density at radius 1 is 0.747 bits per heavy atom. The highest BCUT2D eigenvalue weighted by molar-refractivity contribution is 7.61. The maximum Gasteiger partial charge on any atom is 0.481 e. The van der Waals surface area contributed by atoms with Gasteiger partial charge in [0.1, 0.15) is 30.7 Å². The molecule has 0 radical (unpaired) electrons. The van der Waals surface area contributed by atoms with E-state index in [0.717, 1.165) is 55.2 Å². The van der Waals surface area contributed by atoms with Crippen LogP contribution in [0.2, 0.25) is 0 Å². The molecule has 0 amide bonds. The van der Waals surface area contributed by atoms with Gasteiger partial charge in [0.15, 0.2) is 12.3 Å². The van der Waals surface area contributed by atoms with Crippen molar-refractivity contribution in [3.63, 3.8) is 0 Å². The lowest BCUT2D eigenvalue weighted by molar-refractivity contribution is -0.161. The number of hydrogen-bond donors (Lipinski definition) is 6. The van der Waals surface area contributed by atoms with Gasteiger partial charge in [-0.15, -0.1) is 0 Å². The second-order valence-electron chi connectivity index (χ2n) is 19.8. The van der Waals surface area contributed by atoms with Crippen molar-refractivity contribution < 1.29 is 71.4 Å². The Balaban J connectivity index is 1.81. The van der Waals surface area contributed by atoms with E-state index in [0.29, 0.717) is 25.7 Å². The first-order valence-electron chi connectivity index (χ1n) is 27.6. The minimum Gasteiger partial charge on any atom is -0.462 e. The lowest BCUT2D eigenvalue weighted by Gasteiger charge is -2.21. The van der Waals surface area contributed by atoms with Crippen molar-refractivity contribution in [2.24, 2.45) is 5.92 Å². The average Bonchev–Trinajstić information content (AvgIpc) is 3.63. The number of hydrogen-bond acceptors (Lipinski definition) is 16. The van der Waals surface area contributed by atoms with Crippen molar-refractivity contribution in [2.75, 3.05) is 25.6 Å². The highest BCUT2D eigenvalue weighted by atomic mass is 31.3. The minimum absolute atomic E-state index is 0.0844. The summed E-state index contributed by atoms with van der Waals surface area (Å²) in [5, 5.41) is 31.2. The molecule has 7 N–H and O–H groups in total. The van der Waals surface area contributed by atoms with E-state index in [9.17, 15) is 48.6 Å². The molecule has 2 rings (SSSR count). The summed E-state index contributed by atoms with van der Waals surface area (Å²) >= 11 is 0. The molecule has 1 aromatic rings. The maximum atomic E-state index is 12.9. The van der Waals surface area contributed by atoms with Gasteiger partial charge in [-0.05, 0) is 56.9 Å². The fourth-order valence-electron chi connectivity index (χ4n) is 8.10. The third kappa shape index (κ3) is 34.2. The number of nitrogen functional groups attached to an aromatic ring is 1. The normalized spacial score (nSPS) is 19.6. The largest absolute Gasteiger partial charge is 0.481 e. The second-order valence-corrected chi connectivity index (χ2v) is 22.8. The van der Waals surface area contributed by atoms with Gasteiger partial charge < -0.3 is 45.1 Å². The molecule has 0 aromatic carbocycles. The zero-order chi connectivity index (χ0) is 55.2. The van der Waals surface area contributed by atoms with Gasteiger partial charge in [0, 0.05) is 19.0 Å². The molecule has 0 saturated carbocycles. The minimum atomic E-state index is -5.46. The van der Waals surface area contributed by atoms with Gasteiger partial charge >= 0.3 is 33.3 Å². The molecule has 0 aliphatic carbocycles. The molecule has 3 unspecified atom stereocenters. The van der Waals surface area contributed by atoms with E-state index in [1.54, 1.807) is 18.2 Å². The monoisotopic (exact) mass is 1100 g/mol. The van der Waals surface area contributed by atoms with Crippen molar-refractivity contribution in [1.29, 1.82) is 0 Å². The zero-order valence-electron chi connectivity index (χ0n) is 45.1. The number of aliphatic hydroxyl groups excluding tert-OH is 3. The van der Waals surface area contributed by atoms with Crippen LogP contribution in [0.1, 0.15) is 200 Å². The summed E-state index contributed by atoms with van der Waals surface area (Å²) in [5.41, 5.74) is 4.58. The fraction of sp³-hybridized carbons (Fsp3) is 0.741. The van der Waals surface area contributed by atoms with E-state index >= 15 is 0 Å². The summed E-state index contributed by atoms with van der Waals surface area (Å²) in [6.07, 6.45) is 35.0. The molecule has 21 heteroatoms. The van der Waals surface area contributed by atoms with Crippen molar-refractivity contribution in [1.82, 2.24) is 9.55 Å². The molecular weight excluding hydrogens is 1010 g/mol. The number of esters is 2. The molecule has 1 fully saturated rings. The van der Waals surface area contributed by atoms with Crippen molar-refractivity contribution in [3.05, 3.63) is 71.4 Å². The van der Waals surface area contributed by atoms with E-state index < -0.39 is 89.8 Å². The van der Waals surface area contributed by atoms with Crippen LogP contribution < -0.4 is 11.4 Å². The number of carbonyl (C=O) groups is 2. The van der Waals surface area contributed by atoms with Crippen LogP contribution in [-0.2, 0) is 46.3 Å². The second kappa shape index (κ2) is 40.8. The topological polar surface area (TPSA) is 286 Å². The summed E-state index contributed by atoms with van der Waals surface area (Å²) in [5.74, 6) is -0.623. The molecule has 0 bridgehead atoms. The highest BCUT2D eigenvalue weighted by Crippen LogP contribution is 2.60. The number of phosphoric ester groups is 2. The predicted molar refractivity (Wildman–Crippen MR) is 290 cm³/mol. The molecule has 1 aliphatic heterocycles. The Bertz CT molecular complexity index is 1980. The highest BCUT2D eigenvalue weighted by Gasteiger charge is 2.46. The molecular formula is C54H93N3O16P2. The van der Waals surface area contributed by atoms with Gasteiger partial charge in [-0.2, -0.15) is 9.29 Å². The van der Waals surface area contributed by atoms with E-state index in [1.807, 2.05) is 18.2 Å². The zero-order valence-corrected chi connectivity index (χ0v) is 46.9. The number of allylic oxidation sites excluding steroid dienone is 6. The van der Waals surface area contributed by atoms with Crippen LogP contribution in [-0.4, -0.2) is 96.9 Å². The Morgan fingerprint density at radius 3 is 1.96 bits per heavy atom. The molecule has 0 spiro atoms. The number of nitrogens with zero attached hydrogens (tertiary/aromatic N) is 2. The number of ether oxygens (including phenoxy) is 3. The number of aromatic nitrogens is 2. The number of unbranched alkanes of at least 4 members (excludes halogenated alkanes) is 19. The SMILES string of the molecule is CCCCC/C=C\C/C=C\CC(O)/C=C\C=C\CCCC(=O)O[C@H](COC(=O)CCCCCCCCCCCCCCCCCCC(C)C)COP(=O)(O)OP(=O)(O)OC[C@H]1O[C@@H](n2ccc(N)nc2=O)[C@H](O)[C@@H]1O. The lowest BCUT2D eigenvalue weighted by Crippen LogP contribution is -2.36. The molecule has 430 valence electrons. The van der Waals surface area contributed by atoms with Crippen LogP contribution in [0.25, 0.3) is 0 Å². The number of aliphatic hydroxyl groups is 3. The van der Waals surface area contributed by atoms with Crippen LogP contribution in [0, 0.1) is 5.92 Å². The van der Waals surface area contributed by atoms with E-state index in [-0.39, 0.29) is 18.7 Å². The van der Waals surface area contributed by atoms with Crippen LogP contribution in [0.3, 0.4) is 0 Å². The summed E-state index contributed by atoms with van der Waals surface area (Å²) in [6.45, 7) is 4.34. The first-order chi connectivity index (χ1) is 35.9. The number of rotatable bonds is 45. The molecule has 8 atom stereocenters. The quantitative estimate of drug-likeness (QED) is 0.0116. The van der Waals surface area contributed by atoms with E-state index in [4.69, 9.17) is 29.0 Å². The molecule has 2 heterocycles. The number of phosphoric acid groups is 2. The summed E-state index contributed by atoms with van der Waals surface area (Å²) < 4.78 is 56.8. The Hall–Kier alpha value is -3.32. The first-order valence-corrected chi connectivity index (χ1v) is 30.6. The Morgan fingerprint density at radius 2 is 1.33 bits per heavy atom. The third-order valence-corrected chi connectivity index (χ3v) is 15.0. The van der Waals surface area contributed by atoms with Gasteiger partial charge in [-0.3, -0.25) is 23.2 Å². The van der Waals surface area contributed by atoms with E-state index in [1.165, 1.54) is 102 Å². The standard InChI is InChI=1S/C54H93N3O16P2/c1-4-5-6-7-8-17-21-25-30-35-45(58)36-31-26-23-28-33-38-50(60)71-46(41-68-49(59)37-32-27-22-19-16-14-12-10-9-11-13-15-18-20-24-29-34-44(2)3)42-69-74(64,65)73-75(66,67)70-43-47-51(61)52(62)53(72-47)57-40-39-48(55)56-54(57)63/h8,17,23,25-26,30-31,36,39-40,44-47,51-53,58,61-62H,4-7,9-16,18-22,24,27-29,32-35,37-38,41-43H2,1-3H3,(H,64,65)(H,66,67)(H2,55,56,63)/b17-8-,26-23+,30-25-,36-31-/t45?,46-,47-,51-,52-,53-/m1/s1. The van der Waals surface area contributed by atoms with Crippen LogP contribution in [0.5, 0.6) is 0 Å². The molecule has 19 nitrogen and oxygen atoms in total. The summed E-state index contributed by atoms with van der Waals surface area (Å²) in [4.78, 5) is 62.0. The lowest BCUT2D eigenvalue weighted by atomic mass is 10.0. The average molecular weight is 1100 g/mol. The Labute approximate surface area is 446 Å². The summed E-state index contributed by atoms with van der Waals surface area (Å²) in [6, 6.07) is 1.24. The molecule has 1 aromatic heterocycles. The van der Waals surface area contributed by atoms with Gasteiger partial charge in [0.25, 0.3) is 0 Å². The van der Waals surface area contributed by atoms with Gasteiger partial charge in [-0.25, -0.2) is 13.9 Å². The third-order valence-electron chi connectivity index (χ3n) is 12.4. The van der Waals surface area contributed by atoms with Crippen LogP contribution in [0.4, 0.5) is 5.82 Å². The van der Waals surface area contributed by atoms with Crippen LogP contribution in [0.15, 0.2) is 65.7 Å². The number of carbonyl (C=O) groups excluding carboxylic acids is 2.